The van der Waals surface area contributed by atoms with Gasteiger partial charge in [-0.15, -0.1) is 0 Å². The highest BCUT2D eigenvalue weighted by molar-refractivity contribution is 6.36. The van der Waals surface area contributed by atoms with Crippen LogP contribution in [0.25, 0.3) is 0 Å². The Kier molecular flexibility index (Phi) is 5.48. The van der Waals surface area contributed by atoms with Crippen molar-refractivity contribution in [1.29, 1.82) is 0 Å². The zero-order valence-corrected chi connectivity index (χ0v) is 13.1. The Morgan fingerprint density at radius 3 is 2.57 bits per heavy atom. The first-order valence-corrected chi connectivity index (χ1v) is 7.36. The Morgan fingerprint density at radius 2 is 1.86 bits per heavy atom. The van der Waals surface area contributed by atoms with Crippen molar-refractivity contribution in [2.75, 3.05) is 17.2 Å². The first-order valence-electron chi connectivity index (χ1n) is 6.60. The summed E-state index contributed by atoms with van der Waals surface area (Å²) in [5.74, 6) is -0.0399. The van der Waals surface area contributed by atoms with Crippen molar-refractivity contribution in [3.8, 4) is 0 Å². The van der Waals surface area contributed by atoms with E-state index in [1.807, 2.05) is 31.2 Å². The molecule has 2 rings (SSSR count). The summed E-state index contributed by atoms with van der Waals surface area (Å²) in [6.07, 6.45) is 0.354. The van der Waals surface area contributed by atoms with E-state index in [0.29, 0.717) is 23.0 Å². The van der Waals surface area contributed by atoms with E-state index in [-0.39, 0.29) is 5.91 Å². The molecule has 0 saturated heterocycles. The summed E-state index contributed by atoms with van der Waals surface area (Å²) >= 11 is 11.9. The number of hydrogen-bond acceptors (Lipinski definition) is 2. The zero-order chi connectivity index (χ0) is 15.2. The summed E-state index contributed by atoms with van der Waals surface area (Å²) in [4.78, 5) is 11.9. The second-order valence-electron chi connectivity index (χ2n) is 4.66. The van der Waals surface area contributed by atoms with Crippen LogP contribution in [0.5, 0.6) is 0 Å². The van der Waals surface area contributed by atoms with Crippen LogP contribution in [0.3, 0.4) is 0 Å². The van der Waals surface area contributed by atoms with E-state index in [2.05, 4.69) is 10.6 Å². The molecule has 0 aliphatic heterocycles. The lowest BCUT2D eigenvalue weighted by Gasteiger charge is -2.10. The van der Waals surface area contributed by atoms with E-state index in [9.17, 15) is 4.79 Å². The van der Waals surface area contributed by atoms with Gasteiger partial charge in [0.25, 0.3) is 0 Å². The average Bonchev–Trinajstić information content (AvgIpc) is 2.44. The molecule has 2 aromatic rings. The number of rotatable bonds is 5. The molecule has 0 aliphatic rings. The zero-order valence-electron chi connectivity index (χ0n) is 11.6. The monoisotopic (exact) mass is 322 g/mol. The van der Waals surface area contributed by atoms with Crippen LogP contribution in [0.15, 0.2) is 42.5 Å². The number of para-hydroxylation sites is 1. The first kappa shape index (κ1) is 15.7. The second kappa shape index (κ2) is 7.34. The molecule has 0 saturated carbocycles. The quantitative estimate of drug-likeness (QED) is 0.834. The van der Waals surface area contributed by atoms with Gasteiger partial charge in [0.05, 0.1) is 10.7 Å². The third-order valence-corrected chi connectivity index (χ3v) is 3.57. The molecule has 110 valence electrons. The number of amides is 1. The fourth-order valence-corrected chi connectivity index (χ4v) is 2.34. The van der Waals surface area contributed by atoms with E-state index in [1.165, 1.54) is 0 Å². The van der Waals surface area contributed by atoms with Crippen molar-refractivity contribution in [1.82, 2.24) is 0 Å². The van der Waals surface area contributed by atoms with E-state index in [1.54, 1.807) is 18.2 Å². The van der Waals surface area contributed by atoms with Crippen LogP contribution in [0.4, 0.5) is 11.4 Å². The Morgan fingerprint density at radius 1 is 1.10 bits per heavy atom. The van der Waals surface area contributed by atoms with Gasteiger partial charge < -0.3 is 10.6 Å². The summed E-state index contributed by atoms with van der Waals surface area (Å²) in [6, 6.07) is 12.9. The molecular weight excluding hydrogens is 307 g/mol. The number of carbonyl (C=O) groups is 1. The maximum Gasteiger partial charge on any atom is 0.226 e. The molecule has 2 aromatic carbocycles. The summed E-state index contributed by atoms with van der Waals surface area (Å²) < 4.78 is 0. The van der Waals surface area contributed by atoms with Gasteiger partial charge in [0, 0.05) is 23.7 Å². The highest BCUT2D eigenvalue weighted by Crippen LogP contribution is 2.25. The Bertz CT molecular complexity index is 644. The molecule has 0 unspecified atom stereocenters. The second-order valence-corrected chi connectivity index (χ2v) is 5.51. The molecule has 0 bridgehead atoms. The van der Waals surface area contributed by atoms with Gasteiger partial charge in [-0.2, -0.15) is 0 Å². The normalized spacial score (nSPS) is 10.2. The summed E-state index contributed by atoms with van der Waals surface area (Å²) in [5.41, 5.74) is 2.65. The third-order valence-electron chi connectivity index (χ3n) is 3.02. The maximum absolute atomic E-state index is 11.9. The van der Waals surface area contributed by atoms with Crippen molar-refractivity contribution in [2.24, 2.45) is 0 Å². The standard InChI is InChI=1S/C16H16Cl2N2O/c1-11-4-2-3-5-14(11)20-16(21)8-9-19-15-7-6-12(17)10-13(15)18/h2-7,10,19H,8-9H2,1H3,(H,20,21). The first-order chi connectivity index (χ1) is 10.1. The summed E-state index contributed by atoms with van der Waals surface area (Å²) in [5, 5.41) is 7.14. The van der Waals surface area contributed by atoms with Crippen LogP contribution in [-0.2, 0) is 4.79 Å². The molecule has 0 aromatic heterocycles. The number of nitrogens with one attached hydrogen (secondary N) is 2. The van der Waals surface area contributed by atoms with Gasteiger partial charge in [-0.05, 0) is 36.8 Å². The van der Waals surface area contributed by atoms with Crippen LogP contribution >= 0.6 is 23.2 Å². The highest BCUT2D eigenvalue weighted by atomic mass is 35.5. The Labute approximate surface area is 134 Å². The predicted molar refractivity (Wildman–Crippen MR) is 89.4 cm³/mol. The van der Waals surface area contributed by atoms with Crippen molar-refractivity contribution < 1.29 is 4.79 Å². The van der Waals surface area contributed by atoms with E-state index < -0.39 is 0 Å². The maximum atomic E-state index is 11.9. The minimum atomic E-state index is -0.0399. The largest absolute Gasteiger partial charge is 0.383 e. The Balaban J connectivity index is 1.83. The third kappa shape index (κ3) is 4.66. The van der Waals surface area contributed by atoms with Crippen LogP contribution in [0.1, 0.15) is 12.0 Å². The Hall–Kier alpha value is -1.71. The average molecular weight is 323 g/mol. The number of benzene rings is 2. The van der Waals surface area contributed by atoms with Gasteiger partial charge >= 0.3 is 0 Å². The molecule has 1 amide bonds. The highest BCUT2D eigenvalue weighted by Gasteiger charge is 2.05. The molecule has 0 spiro atoms. The number of carbonyl (C=O) groups excluding carboxylic acids is 1. The molecule has 2 N–H and O–H groups in total. The molecule has 0 heterocycles. The molecule has 5 heteroatoms. The molecule has 0 radical (unpaired) electrons. The van der Waals surface area contributed by atoms with Gasteiger partial charge in [0.15, 0.2) is 0 Å². The molecule has 0 atom stereocenters. The predicted octanol–water partition coefficient (Wildman–Crippen LogP) is 4.74. The van der Waals surface area contributed by atoms with E-state index in [4.69, 9.17) is 23.2 Å². The lowest BCUT2D eigenvalue weighted by atomic mass is 10.2. The fourth-order valence-electron chi connectivity index (χ4n) is 1.87. The molecule has 21 heavy (non-hydrogen) atoms. The fraction of sp³-hybridized carbons (Fsp3) is 0.188. The van der Waals surface area contributed by atoms with Crippen molar-refractivity contribution in [3.05, 3.63) is 58.1 Å². The lowest BCUT2D eigenvalue weighted by Crippen LogP contribution is -2.16. The van der Waals surface area contributed by atoms with Crippen LogP contribution < -0.4 is 10.6 Å². The van der Waals surface area contributed by atoms with Gasteiger partial charge in [0.1, 0.15) is 0 Å². The topological polar surface area (TPSA) is 41.1 Å². The van der Waals surface area contributed by atoms with Crippen LogP contribution in [0.2, 0.25) is 10.0 Å². The lowest BCUT2D eigenvalue weighted by molar-refractivity contribution is -0.115. The van der Waals surface area contributed by atoms with Crippen molar-refractivity contribution in [2.45, 2.75) is 13.3 Å². The summed E-state index contributed by atoms with van der Waals surface area (Å²) in [6.45, 7) is 2.46. The van der Waals surface area contributed by atoms with Crippen LogP contribution in [0, 0.1) is 6.92 Å². The SMILES string of the molecule is Cc1ccccc1NC(=O)CCNc1ccc(Cl)cc1Cl. The van der Waals surface area contributed by atoms with E-state index in [0.717, 1.165) is 16.9 Å². The van der Waals surface area contributed by atoms with Crippen molar-refractivity contribution in [3.63, 3.8) is 0 Å². The minimum Gasteiger partial charge on any atom is -0.383 e. The number of hydrogen-bond donors (Lipinski definition) is 2. The van der Waals surface area contributed by atoms with E-state index >= 15 is 0 Å². The number of anilines is 2. The van der Waals surface area contributed by atoms with Gasteiger partial charge in [-0.3, -0.25) is 4.79 Å². The molecule has 0 fully saturated rings. The van der Waals surface area contributed by atoms with Gasteiger partial charge in [-0.1, -0.05) is 41.4 Å². The van der Waals surface area contributed by atoms with Gasteiger partial charge in [0.2, 0.25) is 5.91 Å². The summed E-state index contributed by atoms with van der Waals surface area (Å²) in [7, 11) is 0. The molecular formula is C16H16Cl2N2O. The van der Waals surface area contributed by atoms with Crippen LogP contribution in [-0.4, -0.2) is 12.5 Å². The molecule has 3 nitrogen and oxygen atoms in total. The smallest absolute Gasteiger partial charge is 0.226 e. The van der Waals surface area contributed by atoms with Crippen molar-refractivity contribution >= 4 is 40.5 Å². The molecule has 0 aliphatic carbocycles. The number of aryl methyl sites for hydroxylation is 1. The minimum absolute atomic E-state index is 0.0399. The van der Waals surface area contributed by atoms with Gasteiger partial charge in [-0.25, -0.2) is 0 Å². The number of halogens is 2.